The number of hydrogen-bond donors (Lipinski definition) is 0. The van der Waals surface area contributed by atoms with Crippen molar-refractivity contribution in [3.8, 4) is 11.5 Å². The second kappa shape index (κ2) is 8.52. The number of methoxy groups -OCH3 is 1. The smallest absolute Gasteiger partial charge is 0.490 e. The van der Waals surface area contributed by atoms with E-state index in [2.05, 4.69) is 9.47 Å². The fourth-order valence-corrected chi connectivity index (χ4v) is 2.80. The van der Waals surface area contributed by atoms with E-state index in [0.29, 0.717) is 19.4 Å². The van der Waals surface area contributed by atoms with Crippen LogP contribution in [-0.2, 0) is 16.1 Å². The van der Waals surface area contributed by atoms with Gasteiger partial charge in [-0.3, -0.25) is 0 Å². The van der Waals surface area contributed by atoms with Crippen molar-refractivity contribution in [1.82, 2.24) is 0 Å². The van der Waals surface area contributed by atoms with Crippen molar-refractivity contribution >= 4 is 5.97 Å². The van der Waals surface area contributed by atoms with Crippen molar-refractivity contribution in [2.24, 2.45) is 0 Å². The minimum absolute atomic E-state index is 0.0138. The zero-order valence-corrected chi connectivity index (χ0v) is 15.1. The molecule has 0 radical (unpaired) electrons. The summed E-state index contributed by atoms with van der Waals surface area (Å²) in [5, 5.41) is 0. The predicted molar refractivity (Wildman–Crippen MR) is 93.1 cm³/mol. The molecule has 1 fully saturated rings. The van der Waals surface area contributed by atoms with Gasteiger partial charge in [0.2, 0.25) is 0 Å². The Morgan fingerprint density at radius 2 is 1.71 bits per heavy atom. The Morgan fingerprint density at radius 3 is 2.36 bits per heavy atom. The monoisotopic (exact) mass is 396 g/mol. The predicted octanol–water partition coefficient (Wildman–Crippen LogP) is 4.50. The van der Waals surface area contributed by atoms with Crippen molar-refractivity contribution in [3.05, 3.63) is 59.7 Å². The molecular formula is C20H19F3O5. The van der Waals surface area contributed by atoms with E-state index >= 15 is 0 Å². The molecule has 0 spiro atoms. The van der Waals surface area contributed by atoms with E-state index in [-0.39, 0.29) is 23.5 Å². The summed E-state index contributed by atoms with van der Waals surface area (Å²) >= 11 is 0. The van der Waals surface area contributed by atoms with Crippen LogP contribution in [0.3, 0.4) is 0 Å². The molecule has 8 heteroatoms. The van der Waals surface area contributed by atoms with Crippen LogP contribution >= 0.6 is 0 Å². The molecule has 0 N–H and O–H groups in total. The molecule has 0 atom stereocenters. The fraction of sp³-hybridized carbons (Fsp3) is 0.350. The van der Waals surface area contributed by atoms with Gasteiger partial charge in [0.25, 0.3) is 0 Å². The van der Waals surface area contributed by atoms with E-state index in [1.807, 2.05) is 30.3 Å². The van der Waals surface area contributed by atoms with Crippen LogP contribution in [0.5, 0.6) is 11.5 Å². The minimum Gasteiger partial charge on any atom is -0.490 e. The summed E-state index contributed by atoms with van der Waals surface area (Å²) in [5.74, 6) is -1.22. The van der Waals surface area contributed by atoms with Crippen molar-refractivity contribution in [1.29, 1.82) is 0 Å². The standard InChI is InChI=1S/C20H19F3O5/c1-25-19(24)14-7-16(11-18(8-14)28-20(21,22)23)27-17-9-15(10-17)26-12-13-5-3-2-4-6-13/h2-8,11,15,17H,9-10,12H2,1H3. The summed E-state index contributed by atoms with van der Waals surface area (Å²) in [6.45, 7) is 0.486. The van der Waals surface area contributed by atoms with Crippen LogP contribution in [0.4, 0.5) is 13.2 Å². The summed E-state index contributed by atoms with van der Waals surface area (Å²) in [6, 6.07) is 13.1. The van der Waals surface area contributed by atoms with Crippen LogP contribution < -0.4 is 9.47 Å². The number of benzene rings is 2. The summed E-state index contributed by atoms with van der Waals surface area (Å²) in [5.41, 5.74) is 0.974. The van der Waals surface area contributed by atoms with E-state index in [9.17, 15) is 18.0 Å². The summed E-state index contributed by atoms with van der Waals surface area (Å²) in [7, 11) is 1.14. The first-order valence-corrected chi connectivity index (χ1v) is 8.64. The Bertz CT molecular complexity index is 801. The summed E-state index contributed by atoms with van der Waals surface area (Å²) < 4.78 is 57.5. The third-order valence-electron chi connectivity index (χ3n) is 4.22. The molecule has 0 bridgehead atoms. The maximum Gasteiger partial charge on any atom is 0.573 e. The molecule has 3 rings (SSSR count). The molecule has 2 aromatic rings. The van der Waals surface area contributed by atoms with Crippen LogP contribution in [0.1, 0.15) is 28.8 Å². The Labute approximate surface area is 160 Å². The molecular weight excluding hydrogens is 377 g/mol. The molecule has 0 aromatic heterocycles. The highest BCUT2D eigenvalue weighted by Crippen LogP contribution is 2.33. The zero-order valence-electron chi connectivity index (χ0n) is 15.1. The van der Waals surface area contributed by atoms with Gasteiger partial charge in [-0.1, -0.05) is 30.3 Å². The first-order valence-electron chi connectivity index (χ1n) is 8.64. The lowest BCUT2D eigenvalue weighted by Crippen LogP contribution is -2.39. The molecule has 1 aliphatic rings. The third-order valence-corrected chi connectivity index (χ3v) is 4.22. The van der Waals surface area contributed by atoms with Gasteiger partial charge in [0.15, 0.2) is 0 Å². The van der Waals surface area contributed by atoms with E-state index in [1.54, 1.807) is 0 Å². The van der Waals surface area contributed by atoms with Crippen LogP contribution in [0.25, 0.3) is 0 Å². The Morgan fingerprint density at radius 1 is 1.04 bits per heavy atom. The highest BCUT2D eigenvalue weighted by atomic mass is 19.4. The second-order valence-corrected chi connectivity index (χ2v) is 6.36. The molecule has 0 amide bonds. The number of carbonyl (C=O) groups excluding carboxylic acids is 1. The Hall–Kier alpha value is -2.74. The topological polar surface area (TPSA) is 54.0 Å². The highest BCUT2D eigenvalue weighted by molar-refractivity contribution is 5.90. The molecule has 28 heavy (non-hydrogen) atoms. The van der Waals surface area contributed by atoms with Gasteiger partial charge in [0.1, 0.15) is 17.6 Å². The SMILES string of the molecule is COC(=O)c1cc(OC2CC(OCc3ccccc3)C2)cc(OC(F)(F)F)c1. The average Bonchev–Trinajstić information content (AvgIpc) is 2.62. The lowest BCUT2D eigenvalue weighted by molar-refractivity contribution is -0.274. The van der Waals surface area contributed by atoms with Crippen molar-refractivity contribution < 1.29 is 36.9 Å². The number of halogens is 3. The van der Waals surface area contributed by atoms with Crippen LogP contribution in [0.15, 0.2) is 48.5 Å². The van der Waals surface area contributed by atoms with E-state index in [4.69, 9.17) is 9.47 Å². The van der Waals surface area contributed by atoms with Crippen molar-refractivity contribution in [3.63, 3.8) is 0 Å². The molecule has 1 aliphatic carbocycles. The Balaban J connectivity index is 1.58. The van der Waals surface area contributed by atoms with Crippen molar-refractivity contribution in [2.45, 2.75) is 38.0 Å². The molecule has 5 nitrogen and oxygen atoms in total. The second-order valence-electron chi connectivity index (χ2n) is 6.36. The van der Waals surface area contributed by atoms with Crippen LogP contribution in [0, 0.1) is 0 Å². The van der Waals surface area contributed by atoms with Gasteiger partial charge in [0.05, 0.1) is 25.4 Å². The number of ether oxygens (including phenoxy) is 4. The lowest BCUT2D eigenvalue weighted by Gasteiger charge is -2.35. The molecule has 0 unspecified atom stereocenters. The first-order chi connectivity index (χ1) is 13.3. The maximum atomic E-state index is 12.5. The van der Waals surface area contributed by atoms with Gasteiger partial charge in [-0.25, -0.2) is 4.79 Å². The first kappa shape index (κ1) is 20.0. The molecule has 0 heterocycles. The number of carbonyl (C=O) groups is 1. The Kier molecular flexibility index (Phi) is 6.08. The van der Waals surface area contributed by atoms with Gasteiger partial charge in [-0.15, -0.1) is 13.2 Å². The van der Waals surface area contributed by atoms with Gasteiger partial charge in [-0.05, 0) is 17.7 Å². The van der Waals surface area contributed by atoms with Gasteiger partial charge >= 0.3 is 12.3 Å². The highest BCUT2D eigenvalue weighted by Gasteiger charge is 2.34. The molecule has 0 saturated heterocycles. The van der Waals surface area contributed by atoms with Gasteiger partial charge < -0.3 is 18.9 Å². The largest absolute Gasteiger partial charge is 0.573 e. The normalized spacial score (nSPS) is 18.9. The van der Waals surface area contributed by atoms with Crippen LogP contribution in [-0.4, -0.2) is 31.6 Å². The van der Waals surface area contributed by atoms with Crippen molar-refractivity contribution in [2.75, 3.05) is 7.11 Å². The molecule has 1 saturated carbocycles. The van der Waals surface area contributed by atoms with E-state index in [1.165, 1.54) is 6.07 Å². The zero-order chi connectivity index (χ0) is 20.1. The van der Waals surface area contributed by atoms with Gasteiger partial charge in [0, 0.05) is 18.9 Å². The molecule has 0 aliphatic heterocycles. The number of rotatable bonds is 7. The molecule has 2 aromatic carbocycles. The summed E-state index contributed by atoms with van der Waals surface area (Å²) in [6.07, 6.45) is -3.87. The van der Waals surface area contributed by atoms with Gasteiger partial charge in [-0.2, -0.15) is 0 Å². The quantitative estimate of drug-likeness (QED) is 0.645. The number of esters is 1. The fourth-order valence-electron chi connectivity index (χ4n) is 2.80. The average molecular weight is 396 g/mol. The van der Waals surface area contributed by atoms with E-state index < -0.39 is 18.1 Å². The summed E-state index contributed by atoms with van der Waals surface area (Å²) in [4.78, 5) is 11.7. The lowest BCUT2D eigenvalue weighted by atomic mass is 9.92. The number of alkyl halides is 3. The minimum atomic E-state index is -4.88. The maximum absolute atomic E-state index is 12.5. The molecule has 150 valence electrons. The number of hydrogen-bond acceptors (Lipinski definition) is 5. The van der Waals surface area contributed by atoms with E-state index in [0.717, 1.165) is 24.8 Å². The van der Waals surface area contributed by atoms with Crippen LogP contribution in [0.2, 0.25) is 0 Å². The third kappa shape index (κ3) is 5.63.